The Kier molecular flexibility index (Phi) is 3.39. The number of aliphatic hydroxyl groups is 1. The summed E-state index contributed by atoms with van der Waals surface area (Å²) in [5.74, 6) is -0.611. The lowest BCUT2D eigenvalue weighted by Gasteiger charge is -2.29. The van der Waals surface area contributed by atoms with Gasteiger partial charge in [0.1, 0.15) is 0 Å². The number of hydrogen-bond donors (Lipinski definition) is 2. The summed E-state index contributed by atoms with van der Waals surface area (Å²) in [7, 11) is -3.65. The quantitative estimate of drug-likeness (QED) is 0.844. The average molecular weight is 312 g/mol. The van der Waals surface area contributed by atoms with E-state index in [1.54, 1.807) is 13.0 Å². The Labute approximate surface area is 121 Å². The third-order valence-corrected chi connectivity index (χ3v) is 5.80. The minimum atomic E-state index is -3.65. The highest BCUT2D eigenvalue weighted by atomic mass is 32.2. The zero-order valence-corrected chi connectivity index (χ0v) is 12.3. The summed E-state index contributed by atoms with van der Waals surface area (Å²) >= 11 is 0. The summed E-state index contributed by atoms with van der Waals surface area (Å²) < 4.78 is 31.6. The van der Waals surface area contributed by atoms with E-state index in [-0.39, 0.29) is 23.6 Å². The molecule has 1 fully saturated rings. The topological polar surface area (TPSA) is 104 Å². The van der Waals surface area contributed by atoms with Gasteiger partial charge in [-0.25, -0.2) is 13.2 Å². The average Bonchev–Trinajstić information content (AvgIpc) is 2.77. The number of nitrogens with zero attached hydrogens (tertiary/aromatic N) is 1. The molecule has 0 saturated carbocycles. The zero-order valence-electron chi connectivity index (χ0n) is 11.5. The molecule has 0 unspecified atom stereocenters. The highest BCUT2D eigenvalue weighted by Crippen LogP contribution is 2.26. The summed E-state index contributed by atoms with van der Waals surface area (Å²) in [4.78, 5) is 13.8. The van der Waals surface area contributed by atoms with Crippen molar-refractivity contribution in [1.29, 1.82) is 0 Å². The summed E-state index contributed by atoms with van der Waals surface area (Å²) in [5.41, 5.74) is 1.25. The van der Waals surface area contributed by atoms with E-state index in [9.17, 15) is 18.3 Å². The molecule has 1 saturated heterocycles. The number of benzene rings is 1. The van der Waals surface area contributed by atoms with Crippen molar-refractivity contribution in [3.8, 4) is 0 Å². The first-order valence-electron chi connectivity index (χ1n) is 6.69. The van der Waals surface area contributed by atoms with E-state index >= 15 is 0 Å². The Hall–Kier alpha value is -1.64. The lowest BCUT2D eigenvalue weighted by molar-refractivity contribution is 0.113. The fraction of sp³-hybridized carbons (Fsp3) is 0.462. The molecule has 1 aliphatic heterocycles. The van der Waals surface area contributed by atoms with Crippen LogP contribution < -0.4 is 5.76 Å². The summed E-state index contributed by atoms with van der Waals surface area (Å²) in [6.07, 6.45) is 0.419. The molecular weight excluding hydrogens is 296 g/mol. The monoisotopic (exact) mass is 312 g/mol. The fourth-order valence-electron chi connectivity index (χ4n) is 2.59. The molecular formula is C13H16N2O5S. The number of hydrogen-bond acceptors (Lipinski definition) is 5. The number of oxazole rings is 1. The van der Waals surface area contributed by atoms with Gasteiger partial charge in [0.05, 0.1) is 16.5 Å². The Bertz CT molecular complexity index is 828. The van der Waals surface area contributed by atoms with Gasteiger partial charge in [0, 0.05) is 19.2 Å². The van der Waals surface area contributed by atoms with Gasteiger partial charge in [-0.2, -0.15) is 4.31 Å². The lowest BCUT2D eigenvalue weighted by Crippen LogP contribution is -2.40. The number of aryl methyl sites for hydroxylation is 1. The van der Waals surface area contributed by atoms with E-state index in [1.807, 2.05) is 0 Å². The van der Waals surface area contributed by atoms with E-state index in [0.717, 1.165) is 0 Å². The van der Waals surface area contributed by atoms with Crippen LogP contribution in [0.4, 0.5) is 0 Å². The van der Waals surface area contributed by atoms with Gasteiger partial charge in [-0.3, -0.25) is 4.98 Å². The van der Waals surface area contributed by atoms with Crippen LogP contribution in [0.15, 0.2) is 26.2 Å². The zero-order chi connectivity index (χ0) is 15.2. The molecule has 0 atom stereocenters. The molecule has 1 aromatic carbocycles. The van der Waals surface area contributed by atoms with E-state index < -0.39 is 21.9 Å². The van der Waals surface area contributed by atoms with Gasteiger partial charge in [-0.05, 0) is 31.4 Å². The van der Waals surface area contributed by atoms with Gasteiger partial charge >= 0.3 is 5.76 Å². The molecule has 0 spiro atoms. The standard InChI is InChI=1S/C13H16N2O5S/c1-8-6-10-11(20-13(17)14-10)7-12(8)21(18,19)15-4-2-9(16)3-5-15/h6-7,9,16H,2-5H2,1H3,(H,14,17). The maximum atomic E-state index is 12.7. The molecule has 3 rings (SSSR count). The van der Waals surface area contributed by atoms with Crippen molar-refractivity contribution in [2.24, 2.45) is 0 Å². The van der Waals surface area contributed by atoms with Crippen molar-refractivity contribution in [2.45, 2.75) is 30.8 Å². The number of nitrogens with one attached hydrogen (secondary N) is 1. The van der Waals surface area contributed by atoms with Crippen LogP contribution in [0.2, 0.25) is 0 Å². The van der Waals surface area contributed by atoms with Crippen LogP contribution in [0.5, 0.6) is 0 Å². The van der Waals surface area contributed by atoms with Crippen LogP contribution in [-0.4, -0.2) is 42.0 Å². The number of piperidine rings is 1. The first kappa shape index (κ1) is 14.3. The molecule has 0 bridgehead atoms. The largest absolute Gasteiger partial charge is 0.417 e. The predicted molar refractivity (Wildman–Crippen MR) is 75.6 cm³/mol. The predicted octanol–water partition coefficient (Wildman–Crippen LogP) is 0.575. The Balaban J connectivity index is 2.05. The van der Waals surface area contributed by atoms with Gasteiger partial charge in [-0.1, -0.05) is 0 Å². The van der Waals surface area contributed by atoms with Crippen molar-refractivity contribution in [2.75, 3.05) is 13.1 Å². The fourth-order valence-corrected chi connectivity index (χ4v) is 4.28. The second-order valence-corrected chi connectivity index (χ2v) is 7.17. The molecule has 2 aromatic rings. The van der Waals surface area contributed by atoms with Gasteiger partial charge in [0.2, 0.25) is 10.0 Å². The first-order valence-corrected chi connectivity index (χ1v) is 8.13. The Morgan fingerprint density at radius 3 is 2.67 bits per heavy atom. The van der Waals surface area contributed by atoms with Crippen LogP contribution in [0.25, 0.3) is 11.1 Å². The number of aromatic amines is 1. The minimum absolute atomic E-state index is 0.133. The second kappa shape index (κ2) is 4.97. The van der Waals surface area contributed by atoms with Gasteiger partial charge in [0.25, 0.3) is 0 Å². The smallest absolute Gasteiger partial charge is 0.408 e. The van der Waals surface area contributed by atoms with Gasteiger partial charge < -0.3 is 9.52 Å². The highest BCUT2D eigenvalue weighted by molar-refractivity contribution is 7.89. The van der Waals surface area contributed by atoms with Crippen molar-refractivity contribution in [3.05, 3.63) is 28.2 Å². The molecule has 21 heavy (non-hydrogen) atoms. The maximum Gasteiger partial charge on any atom is 0.417 e. The van der Waals surface area contributed by atoms with E-state index in [0.29, 0.717) is 23.9 Å². The lowest BCUT2D eigenvalue weighted by atomic mass is 10.1. The molecule has 0 amide bonds. The van der Waals surface area contributed by atoms with E-state index in [2.05, 4.69) is 4.98 Å². The van der Waals surface area contributed by atoms with Crippen LogP contribution in [-0.2, 0) is 10.0 Å². The molecule has 114 valence electrons. The number of sulfonamides is 1. The van der Waals surface area contributed by atoms with Crippen molar-refractivity contribution in [3.63, 3.8) is 0 Å². The molecule has 7 nitrogen and oxygen atoms in total. The summed E-state index contributed by atoms with van der Waals surface area (Å²) in [5, 5.41) is 9.49. The van der Waals surface area contributed by atoms with Crippen molar-refractivity contribution in [1.82, 2.24) is 9.29 Å². The number of aliphatic hydroxyl groups excluding tert-OH is 1. The summed E-state index contributed by atoms with van der Waals surface area (Å²) in [6.45, 7) is 2.26. The molecule has 0 radical (unpaired) electrons. The van der Waals surface area contributed by atoms with Crippen LogP contribution in [0, 0.1) is 6.92 Å². The summed E-state index contributed by atoms with van der Waals surface area (Å²) in [6, 6.07) is 2.97. The molecule has 2 heterocycles. The van der Waals surface area contributed by atoms with Crippen LogP contribution >= 0.6 is 0 Å². The third-order valence-electron chi connectivity index (χ3n) is 3.76. The van der Waals surface area contributed by atoms with E-state index in [4.69, 9.17) is 4.42 Å². The first-order chi connectivity index (χ1) is 9.88. The molecule has 1 aromatic heterocycles. The maximum absolute atomic E-state index is 12.7. The number of fused-ring (bicyclic) bond motifs is 1. The molecule has 1 aliphatic rings. The Morgan fingerprint density at radius 2 is 2.00 bits per heavy atom. The SMILES string of the molecule is Cc1cc2[nH]c(=O)oc2cc1S(=O)(=O)N1CCC(O)CC1. The number of rotatable bonds is 2. The Morgan fingerprint density at radius 1 is 1.33 bits per heavy atom. The van der Waals surface area contributed by atoms with Gasteiger partial charge in [-0.15, -0.1) is 0 Å². The number of H-pyrrole nitrogens is 1. The molecule has 0 aliphatic carbocycles. The van der Waals surface area contributed by atoms with Crippen molar-refractivity contribution >= 4 is 21.1 Å². The van der Waals surface area contributed by atoms with Gasteiger partial charge in [0.15, 0.2) is 5.58 Å². The molecule has 2 N–H and O–H groups in total. The number of aromatic nitrogens is 1. The van der Waals surface area contributed by atoms with Crippen LogP contribution in [0.1, 0.15) is 18.4 Å². The third kappa shape index (κ3) is 2.50. The van der Waals surface area contributed by atoms with Crippen molar-refractivity contribution < 1.29 is 17.9 Å². The second-order valence-electron chi connectivity index (χ2n) is 5.26. The normalized spacial score (nSPS) is 18.4. The van der Waals surface area contributed by atoms with Crippen LogP contribution in [0.3, 0.4) is 0 Å². The minimum Gasteiger partial charge on any atom is -0.408 e. The van der Waals surface area contributed by atoms with E-state index in [1.165, 1.54) is 10.4 Å². The molecule has 8 heteroatoms. The highest BCUT2D eigenvalue weighted by Gasteiger charge is 2.30.